The first-order valence-corrected chi connectivity index (χ1v) is 8.36. The third kappa shape index (κ3) is 5.43. The minimum atomic E-state index is 0.0118. The zero-order valence-electron chi connectivity index (χ0n) is 13.9. The molecule has 1 unspecified atom stereocenters. The standard InChI is InChI=1S/C17H34N2O/c1-5-10-19-16(20)14(12-18)11-13-6-8-15(9-7-13)17(2,3)4/h13-15H,5-12,18H2,1-4H3,(H,19,20). The van der Waals surface area contributed by atoms with Crippen LogP contribution in [0.3, 0.4) is 0 Å². The van der Waals surface area contributed by atoms with E-state index in [4.69, 9.17) is 5.73 Å². The average Bonchev–Trinajstić information content (AvgIpc) is 2.41. The van der Waals surface area contributed by atoms with E-state index in [2.05, 4.69) is 33.0 Å². The molecule has 1 amide bonds. The highest BCUT2D eigenvalue weighted by molar-refractivity contribution is 5.78. The molecule has 3 heteroatoms. The summed E-state index contributed by atoms with van der Waals surface area (Å²) in [5.74, 6) is 1.70. The molecule has 1 aliphatic carbocycles. The Morgan fingerprint density at radius 1 is 1.25 bits per heavy atom. The molecule has 3 nitrogen and oxygen atoms in total. The van der Waals surface area contributed by atoms with Crippen LogP contribution in [0.2, 0.25) is 0 Å². The summed E-state index contributed by atoms with van der Waals surface area (Å²) in [6.07, 6.45) is 7.10. The summed E-state index contributed by atoms with van der Waals surface area (Å²) in [4.78, 5) is 12.0. The molecule has 0 radical (unpaired) electrons. The Morgan fingerprint density at radius 3 is 2.30 bits per heavy atom. The Hall–Kier alpha value is -0.570. The van der Waals surface area contributed by atoms with Crippen molar-refractivity contribution >= 4 is 5.91 Å². The fourth-order valence-electron chi connectivity index (χ4n) is 3.37. The van der Waals surface area contributed by atoms with Gasteiger partial charge in [-0.2, -0.15) is 0 Å². The van der Waals surface area contributed by atoms with Gasteiger partial charge in [0.05, 0.1) is 5.92 Å². The van der Waals surface area contributed by atoms with E-state index >= 15 is 0 Å². The van der Waals surface area contributed by atoms with Crippen LogP contribution in [0.1, 0.15) is 66.2 Å². The summed E-state index contributed by atoms with van der Waals surface area (Å²) in [5, 5.41) is 2.99. The molecule has 20 heavy (non-hydrogen) atoms. The summed E-state index contributed by atoms with van der Waals surface area (Å²) >= 11 is 0. The third-order valence-corrected chi connectivity index (χ3v) is 4.89. The number of amides is 1. The molecule has 0 spiro atoms. The Morgan fingerprint density at radius 2 is 1.85 bits per heavy atom. The lowest BCUT2D eigenvalue weighted by atomic mass is 9.68. The number of carbonyl (C=O) groups is 1. The first-order valence-electron chi connectivity index (χ1n) is 8.36. The van der Waals surface area contributed by atoms with Gasteiger partial charge in [0, 0.05) is 13.1 Å². The largest absolute Gasteiger partial charge is 0.356 e. The number of hydrogen-bond donors (Lipinski definition) is 2. The zero-order valence-corrected chi connectivity index (χ0v) is 13.9. The van der Waals surface area contributed by atoms with Crippen molar-refractivity contribution in [2.45, 2.75) is 66.2 Å². The quantitative estimate of drug-likeness (QED) is 0.785. The monoisotopic (exact) mass is 282 g/mol. The van der Waals surface area contributed by atoms with Crippen LogP contribution in [0.25, 0.3) is 0 Å². The van der Waals surface area contributed by atoms with Crippen molar-refractivity contribution < 1.29 is 4.79 Å². The minimum Gasteiger partial charge on any atom is -0.356 e. The predicted molar refractivity (Wildman–Crippen MR) is 85.4 cm³/mol. The summed E-state index contributed by atoms with van der Waals surface area (Å²) in [6, 6.07) is 0. The Bertz CT molecular complexity index is 288. The second-order valence-electron chi connectivity index (χ2n) is 7.54. The first kappa shape index (κ1) is 17.5. The van der Waals surface area contributed by atoms with Crippen molar-refractivity contribution in [2.24, 2.45) is 28.9 Å². The lowest BCUT2D eigenvalue weighted by molar-refractivity contribution is -0.125. The van der Waals surface area contributed by atoms with Gasteiger partial charge in [-0.15, -0.1) is 0 Å². The van der Waals surface area contributed by atoms with Gasteiger partial charge in [0.2, 0.25) is 5.91 Å². The second-order valence-corrected chi connectivity index (χ2v) is 7.54. The van der Waals surface area contributed by atoms with Gasteiger partial charge < -0.3 is 11.1 Å². The van der Waals surface area contributed by atoms with E-state index in [9.17, 15) is 4.79 Å². The topological polar surface area (TPSA) is 55.1 Å². The third-order valence-electron chi connectivity index (χ3n) is 4.89. The average molecular weight is 282 g/mol. The van der Waals surface area contributed by atoms with Gasteiger partial charge in [-0.05, 0) is 42.9 Å². The van der Waals surface area contributed by atoms with Crippen LogP contribution in [0, 0.1) is 23.2 Å². The SMILES string of the molecule is CCCNC(=O)C(CN)CC1CCC(C(C)(C)C)CC1. The number of nitrogens with one attached hydrogen (secondary N) is 1. The zero-order chi connectivity index (χ0) is 15.2. The van der Waals surface area contributed by atoms with E-state index in [1.54, 1.807) is 0 Å². The maximum Gasteiger partial charge on any atom is 0.224 e. The molecule has 0 bridgehead atoms. The van der Waals surface area contributed by atoms with Crippen molar-refractivity contribution in [3.05, 3.63) is 0 Å². The van der Waals surface area contributed by atoms with Crippen LogP contribution in [-0.2, 0) is 4.79 Å². The summed E-state index contributed by atoms with van der Waals surface area (Å²) in [7, 11) is 0. The van der Waals surface area contributed by atoms with Crippen LogP contribution in [0.5, 0.6) is 0 Å². The predicted octanol–water partition coefficient (Wildman–Crippen LogP) is 3.33. The highest BCUT2D eigenvalue weighted by atomic mass is 16.1. The molecule has 0 heterocycles. The van der Waals surface area contributed by atoms with E-state index in [1.807, 2.05) is 0 Å². The van der Waals surface area contributed by atoms with Gasteiger partial charge in [0.25, 0.3) is 0 Å². The molecule has 118 valence electrons. The van der Waals surface area contributed by atoms with Crippen molar-refractivity contribution in [1.82, 2.24) is 5.32 Å². The number of rotatable bonds is 6. The molecule has 1 aliphatic rings. The normalized spacial score (nSPS) is 25.2. The molecule has 0 aromatic heterocycles. The van der Waals surface area contributed by atoms with Crippen LogP contribution in [0.15, 0.2) is 0 Å². The molecular weight excluding hydrogens is 248 g/mol. The maximum absolute atomic E-state index is 12.0. The van der Waals surface area contributed by atoms with Gasteiger partial charge in [0.1, 0.15) is 0 Å². The smallest absolute Gasteiger partial charge is 0.224 e. The second kappa shape index (κ2) is 8.02. The molecule has 1 atom stereocenters. The molecule has 3 N–H and O–H groups in total. The lowest BCUT2D eigenvalue weighted by Gasteiger charge is -2.37. The van der Waals surface area contributed by atoms with Crippen LogP contribution < -0.4 is 11.1 Å². The van der Waals surface area contributed by atoms with Crippen molar-refractivity contribution in [3.8, 4) is 0 Å². The molecule has 0 aliphatic heterocycles. The summed E-state index contributed by atoms with van der Waals surface area (Å²) in [6.45, 7) is 10.4. The van der Waals surface area contributed by atoms with E-state index in [0.717, 1.165) is 25.3 Å². The molecular formula is C17H34N2O. The maximum atomic E-state index is 12.0. The van der Waals surface area contributed by atoms with Gasteiger partial charge in [-0.3, -0.25) is 4.79 Å². The number of hydrogen-bond acceptors (Lipinski definition) is 2. The van der Waals surface area contributed by atoms with Gasteiger partial charge in [-0.1, -0.05) is 40.5 Å². The molecule has 0 saturated heterocycles. The number of nitrogens with two attached hydrogens (primary N) is 1. The van der Waals surface area contributed by atoms with Crippen LogP contribution >= 0.6 is 0 Å². The van der Waals surface area contributed by atoms with E-state index in [1.165, 1.54) is 25.7 Å². The Balaban J connectivity index is 2.39. The Labute approximate surface area is 125 Å². The minimum absolute atomic E-state index is 0.0118. The molecule has 1 rings (SSSR count). The van der Waals surface area contributed by atoms with E-state index < -0.39 is 0 Å². The molecule has 0 aromatic rings. The van der Waals surface area contributed by atoms with E-state index in [-0.39, 0.29) is 11.8 Å². The highest BCUT2D eigenvalue weighted by Crippen LogP contribution is 2.41. The van der Waals surface area contributed by atoms with Gasteiger partial charge >= 0.3 is 0 Å². The number of carbonyl (C=O) groups excluding carboxylic acids is 1. The molecule has 1 saturated carbocycles. The van der Waals surface area contributed by atoms with Gasteiger partial charge in [-0.25, -0.2) is 0 Å². The summed E-state index contributed by atoms with van der Waals surface area (Å²) < 4.78 is 0. The van der Waals surface area contributed by atoms with Crippen molar-refractivity contribution in [2.75, 3.05) is 13.1 Å². The van der Waals surface area contributed by atoms with Crippen molar-refractivity contribution in [3.63, 3.8) is 0 Å². The molecule has 1 fully saturated rings. The highest BCUT2D eigenvalue weighted by Gasteiger charge is 2.31. The Kier molecular flexibility index (Phi) is 7.01. The first-order chi connectivity index (χ1) is 9.38. The lowest BCUT2D eigenvalue weighted by Crippen LogP contribution is -2.37. The fourth-order valence-corrected chi connectivity index (χ4v) is 3.37. The van der Waals surface area contributed by atoms with E-state index in [0.29, 0.717) is 17.9 Å². The van der Waals surface area contributed by atoms with Crippen LogP contribution in [0.4, 0.5) is 0 Å². The van der Waals surface area contributed by atoms with Gasteiger partial charge in [0.15, 0.2) is 0 Å². The molecule has 0 aromatic carbocycles. The summed E-state index contributed by atoms with van der Waals surface area (Å²) in [5.41, 5.74) is 6.23. The van der Waals surface area contributed by atoms with Crippen LogP contribution in [-0.4, -0.2) is 19.0 Å². The fraction of sp³-hybridized carbons (Fsp3) is 0.941. The van der Waals surface area contributed by atoms with Crippen molar-refractivity contribution in [1.29, 1.82) is 0 Å².